The van der Waals surface area contributed by atoms with E-state index in [9.17, 15) is 4.79 Å². The standard InChI is InChI=1S/C30H38N4O2/c1-4-25-19-28(36-17-16-34-14-12-33(3)13-15-34)10-11-29(25)26-8-9-27(31-22-26)20-30(35)32-21-24-7-5-6-23(2)18-24/h5-11,18-19,22H,4,12-17,20-21H2,1-3H3,(H,32,35). The predicted molar refractivity (Wildman–Crippen MR) is 145 cm³/mol. The fourth-order valence-corrected chi connectivity index (χ4v) is 4.54. The molecule has 0 radical (unpaired) electrons. The van der Waals surface area contributed by atoms with Crippen LogP contribution in [0.15, 0.2) is 60.8 Å². The van der Waals surface area contributed by atoms with Crippen LogP contribution in [0, 0.1) is 6.92 Å². The third kappa shape index (κ3) is 7.39. The van der Waals surface area contributed by atoms with E-state index in [4.69, 9.17) is 4.74 Å². The minimum Gasteiger partial charge on any atom is -0.492 e. The minimum absolute atomic E-state index is 0.0240. The van der Waals surface area contributed by atoms with Crippen molar-refractivity contribution in [1.82, 2.24) is 20.1 Å². The van der Waals surface area contributed by atoms with E-state index < -0.39 is 0 Å². The molecule has 0 aliphatic carbocycles. The number of nitrogens with one attached hydrogen (secondary N) is 1. The zero-order valence-corrected chi connectivity index (χ0v) is 21.8. The number of likely N-dealkylation sites (N-methyl/N-ethyl adjacent to an activating group) is 1. The molecule has 6 nitrogen and oxygen atoms in total. The van der Waals surface area contributed by atoms with Gasteiger partial charge in [0.2, 0.25) is 5.91 Å². The Bertz CT molecular complexity index is 1140. The van der Waals surface area contributed by atoms with Crippen molar-refractivity contribution in [3.8, 4) is 16.9 Å². The first kappa shape index (κ1) is 25.9. The van der Waals surface area contributed by atoms with Crippen LogP contribution in [0.3, 0.4) is 0 Å². The molecule has 1 aliphatic rings. The van der Waals surface area contributed by atoms with Crippen molar-refractivity contribution in [2.24, 2.45) is 0 Å². The molecule has 6 heteroatoms. The van der Waals surface area contributed by atoms with Crippen LogP contribution in [-0.2, 0) is 24.2 Å². The zero-order chi connectivity index (χ0) is 25.3. The Morgan fingerprint density at radius 1 is 1.06 bits per heavy atom. The summed E-state index contributed by atoms with van der Waals surface area (Å²) in [6.07, 6.45) is 3.05. The van der Waals surface area contributed by atoms with Gasteiger partial charge in [0.15, 0.2) is 0 Å². The monoisotopic (exact) mass is 486 g/mol. The van der Waals surface area contributed by atoms with Crippen molar-refractivity contribution in [1.29, 1.82) is 0 Å². The average Bonchev–Trinajstić information content (AvgIpc) is 2.89. The van der Waals surface area contributed by atoms with E-state index in [1.807, 2.05) is 30.5 Å². The molecular formula is C30H38N4O2. The molecule has 2 heterocycles. The number of aryl methyl sites for hydroxylation is 2. The topological polar surface area (TPSA) is 57.7 Å². The van der Waals surface area contributed by atoms with E-state index in [-0.39, 0.29) is 12.3 Å². The highest BCUT2D eigenvalue weighted by molar-refractivity contribution is 5.78. The summed E-state index contributed by atoms with van der Waals surface area (Å²) in [5.41, 5.74) is 6.51. The van der Waals surface area contributed by atoms with E-state index in [1.54, 1.807) is 0 Å². The number of nitrogens with zero attached hydrogens (tertiary/aromatic N) is 3. The second kappa shape index (κ2) is 12.7. The van der Waals surface area contributed by atoms with Gasteiger partial charge in [-0.05, 0) is 55.3 Å². The molecule has 0 bridgehead atoms. The number of hydrogen-bond donors (Lipinski definition) is 1. The van der Waals surface area contributed by atoms with Crippen LogP contribution in [0.5, 0.6) is 5.75 Å². The molecule has 1 aliphatic heterocycles. The highest BCUT2D eigenvalue weighted by Crippen LogP contribution is 2.28. The van der Waals surface area contributed by atoms with Crippen molar-refractivity contribution in [3.63, 3.8) is 0 Å². The Morgan fingerprint density at radius 3 is 2.61 bits per heavy atom. The Morgan fingerprint density at radius 2 is 1.89 bits per heavy atom. The molecule has 190 valence electrons. The first-order valence-corrected chi connectivity index (χ1v) is 12.9. The number of rotatable bonds is 10. The average molecular weight is 487 g/mol. The van der Waals surface area contributed by atoms with Crippen molar-refractivity contribution < 1.29 is 9.53 Å². The van der Waals surface area contributed by atoms with Crippen LogP contribution in [0.25, 0.3) is 11.1 Å². The van der Waals surface area contributed by atoms with Gasteiger partial charge in [-0.25, -0.2) is 0 Å². The highest BCUT2D eigenvalue weighted by atomic mass is 16.5. The van der Waals surface area contributed by atoms with E-state index in [0.717, 1.165) is 67.3 Å². The molecule has 1 saturated heterocycles. The number of amides is 1. The molecule has 0 unspecified atom stereocenters. The normalized spacial score (nSPS) is 14.5. The summed E-state index contributed by atoms with van der Waals surface area (Å²) in [6.45, 7) is 10.9. The number of benzene rings is 2. The summed E-state index contributed by atoms with van der Waals surface area (Å²) >= 11 is 0. The van der Waals surface area contributed by atoms with Gasteiger partial charge in [0, 0.05) is 56.7 Å². The van der Waals surface area contributed by atoms with E-state index in [0.29, 0.717) is 13.2 Å². The summed E-state index contributed by atoms with van der Waals surface area (Å²) in [5.74, 6) is 0.892. The fourth-order valence-electron chi connectivity index (χ4n) is 4.54. The molecule has 0 spiro atoms. The Kier molecular flexibility index (Phi) is 9.09. The van der Waals surface area contributed by atoms with Crippen LogP contribution in [-0.4, -0.2) is 67.1 Å². The summed E-state index contributed by atoms with van der Waals surface area (Å²) in [5, 5.41) is 2.99. The molecule has 3 aromatic rings. The van der Waals surface area contributed by atoms with Gasteiger partial charge < -0.3 is 15.0 Å². The maximum atomic E-state index is 12.4. The van der Waals surface area contributed by atoms with Crippen LogP contribution < -0.4 is 10.1 Å². The van der Waals surface area contributed by atoms with Crippen LogP contribution in [0.4, 0.5) is 0 Å². The van der Waals surface area contributed by atoms with Crippen LogP contribution in [0.1, 0.15) is 29.3 Å². The van der Waals surface area contributed by atoms with E-state index in [1.165, 1.54) is 11.1 Å². The SMILES string of the molecule is CCc1cc(OCCN2CCN(C)CC2)ccc1-c1ccc(CC(=O)NCc2cccc(C)c2)nc1. The van der Waals surface area contributed by atoms with Gasteiger partial charge >= 0.3 is 0 Å². The fraction of sp³-hybridized carbons (Fsp3) is 0.400. The number of hydrogen-bond acceptors (Lipinski definition) is 5. The number of carbonyl (C=O) groups excluding carboxylic acids is 1. The van der Waals surface area contributed by atoms with Crippen molar-refractivity contribution in [2.45, 2.75) is 33.2 Å². The summed E-state index contributed by atoms with van der Waals surface area (Å²) < 4.78 is 6.08. The molecule has 0 atom stereocenters. The van der Waals surface area contributed by atoms with E-state index >= 15 is 0 Å². The lowest BCUT2D eigenvalue weighted by molar-refractivity contribution is -0.120. The quantitative estimate of drug-likeness (QED) is 0.468. The van der Waals surface area contributed by atoms with Gasteiger partial charge in [0.05, 0.1) is 6.42 Å². The largest absolute Gasteiger partial charge is 0.492 e. The first-order chi connectivity index (χ1) is 17.5. The van der Waals surface area contributed by atoms with Crippen molar-refractivity contribution >= 4 is 5.91 Å². The summed E-state index contributed by atoms with van der Waals surface area (Å²) in [6, 6.07) is 18.5. The Hall–Kier alpha value is -3.22. The number of pyridine rings is 1. The molecule has 0 saturated carbocycles. The van der Waals surface area contributed by atoms with Crippen LogP contribution in [0.2, 0.25) is 0 Å². The highest BCUT2D eigenvalue weighted by Gasteiger charge is 2.14. The van der Waals surface area contributed by atoms with Crippen LogP contribution >= 0.6 is 0 Å². The molecule has 1 aromatic heterocycles. The lowest BCUT2D eigenvalue weighted by Crippen LogP contribution is -2.45. The second-order valence-corrected chi connectivity index (χ2v) is 9.65. The predicted octanol–water partition coefficient (Wildman–Crippen LogP) is 4.10. The maximum Gasteiger partial charge on any atom is 0.226 e. The molecule has 2 aromatic carbocycles. The molecule has 36 heavy (non-hydrogen) atoms. The van der Waals surface area contributed by atoms with E-state index in [2.05, 4.69) is 71.3 Å². The van der Waals surface area contributed by atoms with Gasteiger partial charge in [-0.3, -0.25) is 14.7 Å². The van der Waals surface area contributed by atoms with Gasteiger partial charge in [0.1, 0.15) is 12.4 Å². The third-order valence-corrected chi connectivity index (χ3v) is 6.78. The van der Waals surface area contributed by atoms with Crippen molar-refractivity contribution in [2.75, 3.05) is 46.4 Å². The van der Waals surface area contributed by atoms with Gasteiger partial charge in [-0.15, -0.1) is 0 Å². The molecule has 1 fully saturated rings. The molecule has 1 N–H and O–H groups in total. The maximum absolute atomic E-state index is 12.4. The molecular weight excluding hydrogens is 448 g/mol. The zero-order valence-electron chi connectivity index (χ0n) is 21.8. The summed E-state index contributed by atoms with van der Waals surface area (Å²) in [7, 11) is 2.18. The van der Waals surface area contributed by atoms with Gasteiger partial charge in [0.25, 0.3) is 0 Å². The number of aromatic nitrogens is 1. The molecule has 1 amide bonds. The molecule has 4 rings (SSSR count). The minimum atomic E-state index is -0.0240. The lowest BCUT2D eigenvalue weighted by atomic mass is 9.98. The van der Waals surface area contributed by atoms with Crippen molar-refractivity contribution in [3.05, 3.63) is 83.2 Å². The Labute approximate surface area is 215 Å². The first-order valence-electron chi connectivity index (χ1n) is 12.9. The smallest absolute Gasteiger partial charge is 0.226 e. The van der Waals surface area contributed by atoms with Gasteiger partial charge in [-0.2, -0.15) is 0 Å². The number of piperazine rings is 1. The second-order valence-electron chi connectivity index (χ2n) is 9.65. The van der Waals surface area contributed by atoms with Gasteiger partial charge in [-0.1, -0.05) is 48.9 Å². The number of carbonyl (C=O) groups is 1. The Balaban J connectivity index is 1.30. The number of ether oxygens (including phenoxy) is 1. The lowest BCUT2D eigenvalue weighted by Gasteiger charge is -2.32. The summed E-state index contributed by atoms with van der Waals surface area (Å²) in [4.78, 5) is 21.8. The third-order valence-electron chi connectivity index (χ3n) is 6.78.